The Kier molecular flexibility index (Phi) is 4.88. The number of aliphatic carboxylic acids is 1. The number of carboxylic acid groups (broad SMARTS) is 1. The van der Waals surface area contributed by atoms with E-state index in [2.05, 4.69) is 15.0 Å². The van der Waals surface area contributed by atoms with Crippen LogP contribution in [0.4, 0.5) is 11.6 Å². The predicted octanol–water partition coefficient (Wildman–Crippen LogP) is 2.82. The van der Waals surface area contributed by atoms with E-state index in [1.165, 1.54) is 4.90 Å². The van der Waals surface area contributed by atoms with Gasteiger partial charge in [-0.05, 0) is 55.6 Å². The molecule has 116 valence electrons. The molecule has 1 atom stereocenters. The number of ether oxygens (including phenoxy) is 1. The minimum atomic E-state index is -1.00. The molecular weight excluding hydrogens is 324 g/mol. The maximum atomic E-state index is 11.4. The van der Waals surface area contributed by atoms with Gasteiger partial charge in [0.2, 0.25) is 10.7 Å². The summed E-state index contributed by atoms with van der Waals surface area (Å²) in [5, 5.41) is 9.35. The van der Waals surface area contributed by atoms with E-state index in [1.54, 1.807) is 38.3 Å². The number of benzene rings is 1. The summed E-state index contributed by atoms with van der Waals surface area (Å²) in [4.78, 5) is 22.5. The maximum Gasteiger partial charge on any atom is 0.326 e. The predicted molar refractivity (Wildman–Crippen MR) is 86.8 cm³/mol. The fourth-order valence-corrected chi connectivity index (χ4v) is 2.32. The van der Waals surface area contributed by atoms with Crippen molar-refractivity contribution in [2.45, 2.75) is 13.0 Å². The molecule has 22 heavy (non-hydrogen) atoms. The van der Waals surface area contributed by atoms with Crippen molar-refractivity contribution in [1.29, 1.82) is 0 Å². The Labute approximate surface area is 136 Å². The highest BCUT2D eigenvalue weighted by Gasteiger charge is 2.24. The molecule has 0 aliphatic heterocycles. The van der Waals surface area contributed by atoms with Gasteiger partial charge in [0.05, 0.1) is 7.11 Å². The van der Waals surface area contributed by atoms with E-state index >= 15 is 0 Å². The van der Waals surface area contributed by atoms with Crippen molar-refractivity contribution in [2.24, 2.45) is 0 Å². The Balaban J connectivity index is 2.57. The van der Waals surface area contributed by atoms with Gasteiger partial charge in [-0.1, -0.05) is 0 Å². The van der Waals surface area contributed by atoms with Crippen molar-refractivity contribution >= 4 is 42.0 Å². The molecule has 1 aromatic carbocycles. The summed E-state index contributed by atoms with van der Waals surface area (Å²) in [7, 11) is 1.56. The summed E-state index contributed by atoms with van der Waals surface area (Å²) in [6.45, 7) is 1.55. The first-order valence-corrected chi connectivity index (χ1v) is 7.10. The molecular formula is C13H14N4O3S2. The molecule has 1 heterocycles. The zero-order chi connectivity index (χ0) is 16.3. The number of hydrogen-bond acceptors (Lipinski definition) is 6. The van der Waals surface area contributed by atoms with Gasteiger partial charge >= 0.3 is 5.97 Å². The number of methoxy groups -OCH3 is 1. The van der Waals surface area contributed by atoms with Gasteiger partial charge in [0.15, 0.2) is 4.77 Å². The number of hydrogen-bond donors (Lipinski definition) is 3. The van der Waals surface area contributed by atoms with Crippen molar-refractivity contribution in [3.8, 4) is 5.75 Å². The van der Waals surface area contributed by atoms with E-state index in [-0.39, 0.29) is 15.5 Å². The first kappa shape index (κ1) is 16.1. The molecule has 0 spiro atoms. The molecule has 3 N–H and O–H groups in total. The standard InChI is InChI=1S/C13H14N4O3S2/c1-7(10(18)19)17(8-3-5-9(20-2)6-4-8)11-14-12(21)16-13(22)15-11/h3-7H,1-2H3,(H,18,19)(H2,14,15,16,21,22). The largest absolute Gasteiger partial charge is 0.497 e. The van der Waals surface area contributed by atoms with Crippen LogP contribution in [0.1, 0.15) is 6.92 Å². The van der Waals surface area contributed by atoms with Crippen LogP contribution in [0.2, 0.25) is 0 Å². The topological polar surface area (TPSA) is 94.2 Å². The van der Waals surface area contributed by atoms with Crippen LogP contribution in [0.15, 0.2) is 24.3 Å². The minimum absolute atomic E-state index is 0.176. The molecule has 0 aliphatic rings. The summed E-state index contributed by atoms with van der Waals surface area (Å²) in [6.07, 6.45) is 0. The molecule has 0 radical (unpaired) electrons. The number of H-pyrrole nitrogens is 2. The molecule has 0 saturated heterocycles. The Hall–Kier alpha value is -2.26. The average Bonchev–Trinajstić information content (AvgIpc) is 2.47. The molecule has 7 nitrogen and oxygen atoms in total. The van der Waals surface area contributed by atoms with Crippen molar-refractivity contribution in [3.05, 3.63) is 33.8 Å². The van der Waals surface area contributed by atoms with Gasteiger partial charge in [0, 0.05) is 5.69 Å². The van der Waals surface area contributed by atoms with Crippen LogP contribution in [0.5, 0.6) is 5.75 Å². The van der Waals surface area contributed by atoms with Crippen LogP contribution in [-0.4, -0.2) is 39.2 Å². The summed E-state index contributed by atoms with van der Waals surface area (Å²) >= 11 is 10.0. The Morgan fingerprint density at radius 2 is 1.95 bits per heavy atom. The van der Waals surface area contributed by atoms with Crippen molar-refractivity contribution in [3.63, 3.8) is 0 Å². The van der Waals surface area contributed by atoms with Gasteiger partial charge in [-0.15, -0.1) is 0 Å². The van der Waals surface area contributed by atoms with Gasteiger partial charge < -0.3 is 19.8 Å². The molecule has 1 unspecified atom stereocenters. The minimum Gasteiger partial charge on any atom is -0.497 e. The smallest absolute Gasteiger partial charge is 0.326 e. The third kappa shape index (κ3) is 3.49. The van der Waals surface area contributed by atoms with E-state index in [0.717, 1.165) is 0 Å². The number of anilines is 2. The Morgan fingerprint density at radius 1 is 1.32 bits per heavy atom. The van der Waals surface area contributed by atoms with Crippen molar-refractivity contribution in [1.82, 2.24) is 15.0 Å². The number of aromatic nitrogens is 3. The molecule has 0 amide bonds. The zero-order valence-electron chi connectivity index (χ0n) is 11.9. The van der Waals surface area contributed by atoms with E-state index in [9.17, 15) is 9.90 Å². The SMILES string of the molecule is COc1ccc(N(c2nc(=S)[nH]c(=S)[nH]2)C(C)C(=O)O)cc1. The van der Waals surface area contributed by atoms with Crippen LogP contribution in [-0.2, 0) is 4.79 Å². The van der Waals surface area contributed by atoms with Gasteiger partial charge in [0.25, 0.3) is 0 Å². The van der Waals surface area contributed by atoms with Crippen LogP contribution >= 0.6 is 24.4 Å². The van der Waals surface area contributed by atoms with E-state index in [1.807, 2.05) is 0 Å². The second-order valence-electron chi connectivity index (χ2n) is 4.40. The number of aromatic amines is 2. The number of rotatable bonds is 5. The number of carbonyl (C=O) groups is 1. The first-order valence-electron chi connectivity index (χ1n) is 6.29. The molecule has 0 fully saturated rings. The Morgan fingerprint density at radius 3 is 2.45 bits per heavy atom. The average molecular weight is 338 g/mol. The Bertz CT molecular complexity index is 757. The lowest BCUT2D eigenvalue weighted by molar-refractivity contribution is -0.138. The van der Waals surface area contributed by atoms with Gasteiger partial charge in [0.1, 0.15) is 11.8 Å². The summed E-state index contributed by atoms with van der Waals surface area (Å²) < 4.78 is 5.55. The highest BCUT2D eigenvalue weighted by atomic mass is 32.1. The molecule has 2 rings (SSSR count). The maximum absolute atomic E-state index is 11.4. The van der Waals surface area contributed by atoms with E-state index < -0.39 is 12.0 Å². The first-order chi connectivity index (χ1) is 10.4. The molecule has 0 bridgehead atoms. The van der Waals surface area contributed by atoms with Crippen LogP contribution < -0.4 is 9.64 Å². The highest BCUT2D eigenvalue weighted by molar-refractivity contribution is 7.71. The summed E-state index contributed by atoms with van der Waals surface area (Å²) in [5.74, 6) is -0.0811. The monoisotopic (exact) mass is 338 g/mol. The molecule has 1 aromatic heterocycles. The van der Waals surface area contributed by atoms with Gasteiger partial charge in [-0.2, -0.15) is 4.98 Å². The molecule has 0 saturated carbocycles. The van der Waals surface area contributed by atoms with Crippen molar-refractivity contribution < 1.29 is 14.6 Å². The van der Waals surface area contributed by atoms with E-state index in [0.29, 0.717) is 11.4 Å². The highest BCUT2D eigenvalue weighted by Crippen LogP contribution is 2.26. The number of nitrogens with one attached hydrogen (secondary N) is 2. The van der Waals surface area contributed by atoms with Crippen LogP contribution in [0.25, 0.3) is 0 Å². The summed E-state index contributed by atoms with van der Waals surface area (Å²) in [5.41, 5.74) is 0.620. The van der Waals surface area contributed by atoms with E-state index in [4.69, 9.17) is 29.2 Å². The van der Waals surface area contributed by atoms with Crippen LogP contribution in [0.3, 0.4) is 0 Å². The van der Waals surface area contributed by atoms with Crippen molar-refractivity contribution in [2.75, 3.05) is 12.0 Å². The summed E-state index contributed by atoms with van der Waals surface area (Å²) in [6, 6.07) is 6.06. The van der Waals surface area contributed by atoms with Gasteiger partial charge in [-0.3, -0.25) is 4.90 Å². The third-order valence-corrected chi connectivity index (χ3v) is 3.37. The normalized spacial score (nSPS) is 11.7. The quantitative estimate of drug-likeness (QED) is 0.722. The molecule has 0 aliphatic carbocycles. The molecule has 9 heteroatoms. The zero-order valence-corrected chi connectivity index (χ0v) is 13.5. The second kappa shape index (κ2) is 6.67. The number of carboxylic acids is 1. The van der Waals surface area contributed by atoms with Gasteiger partial charge in [-0.25, -0.2) is 4.79 Å². The second-order valence-corrected chi connectivity index (χ2v) is 5.20. The third-order valence-electron chi connectivity index (χ3n) is 2.98. The molecule has 2 aromatic rings. The lowest BCUT2D eigenvalue weighted by Crippen LogP contribution is -2.36. The fourth-order valence-electron chi connectivity index (χ4n) is 1.88. The number of nitrogens with zero attached hydrogens (tertiary/aromatic N) is 2. The lowest BCUT2D eigenvalue weighted by Gasteiger charge is -2.27. The van der Waals surface area contributed by atoms with Crippen LogP contribution in [0, 0.1) is 9.54 Å². The lowest BCUT2D eigenvalue weighted by atomic mass is 10.2. The fraction of sp³-hybridized carbons (Fsp3) is 0.231.